The maximum absolute atomic E-state index is 13.7. The van der Waals surface area contributed by atoms with Crippen LogP contribution in [-0.4, -0.2) is 60.4 Å². The van der Waals surface area contributed by atoms with Crippen LogP contribution in [0.4, 0.5) is 0 Å². The third-order valence-corrected chi connectivity index (χ3v) is 12.1. The minimum Gasteiger partial charge on any atom is -0.466 e. The first kappa shape index (κ1) is 55.0. The molecule has 0 saturated carbocycles. The third kappa shape index (κ3) is 27.5. The highest BCUT2D eigenvalue weighted by Gasteiger charge is 2.40. The van der Waals surface area contributed by atoms with Crippen molar-refractivity contribution in [3.8, 4) is 0 Å². The number of ether oxygens (including phenoxy) is 2. The largest absolute Gasteiger partial charge is 0.466 e. The molecule has 0 rings (SSSR count). The van der Waals surface area contributed by atoms with Gasteiger partial charge in [0.25, 0.3) is 0 Å². The molecule has 54 heavy (non-hydrogen) atoms. The molecule has 0 fully saturated rings. The number of unbranched alkanes of at least 4 members (excludes halogenated alkanes) is 15. The number of hydrogen-bond acceptors (Lipinski definition) is 6. The molecular formula is C48H97NO5. The van der Waals surface area contributed by atoms with Crippen molar-refractivity contribution in [2.45, 2.75) is 249 Å². The lowest BCUT2D eigenvalue weighted by molar-refractivity contribution is -0.164. The van der Waals surface area contributed by atoms with Gasteiger partial charge in [-0.1, -0.05) is 158 Å². The summed E-state index contributed by atoms with van der Waals surface area (Å²) in [6.45, 7) is 27.0. The van der Waals surface area contributed by atoms with E-state index in [4.69, 9.17) is 9.47 Å². The van der Waals surface area contributed by atoms with E-state index in [2.05, 4.69) is 53.5 Å². The molecule has 0 bridgehead atoms. The lowest BCUT2D eigenvalue weighted by Crippen LogP contribution is -2.48. The average molecular weight is 768 g/mol. The SMILES string of the molecule is CC.CCCCCCCCCC(CCCCCCCCOC(=O)CC(CCCC)CCCCCC)OC(=O)C(C)(C)C(C)CN(C)CC(C)(C)C(C)(C)O. The Morgan fingerprint density at radius 2 is 1.06 bits per heavy atom. The standard InChI is InChI=1S/C46H91NO5.C2H6/c1-12-15-18-20-21-24-28-33-41(52-43(49)45(7,8)39(4)37-47(11)38-44(5,6)46(9,10)50)34-29-25-22-23-26-30-35-51-42(48)36-40(31-17-14-3)32-27-19-16-13-2;1-2/h39-41,50H,12-38H2,1-11H3;1-2H3. The first-order chi connectivity index (χ1) is 25.5. The van der Waals surface area contributed by atoms with Gasteiger partial charge in [0, 0.05) is 24.9 Å². The van der Waals surface area contributed by atoms with E-state index in [1.807, 2.05) is 41.5 Å². The van der Waals surface area contributed by atoms with Gasteiger partial charge in [0.05, 0.1) is 17.6 Å². The van der Waals surface area contributed by atoms with Crippen LogP contribution in [0.1, 0.15) is 237 Å². The monoisotopic (exact) mass is 768 g/mol. The summed E-state index contributed by atoms with van der Waals surface area (Å²) in [5, 5.41) is 10.6. The second-order valence-corrected chi connectivity index (χ2v) is 18.4. The van der Waals surface area contributed by atoms with Crippen molar-refractivity contribution >= 4 is 11.9 Å². The molecule has 0 radical (unpaired) electrons. The van der Waals surface area contributed by atoms with Crippen LogP contribution in [0.3, 0.4) is 0 Å². The molecule has 0 spiro atoms. The number of aliphatic hydroxyl groups is 1. The molecule has 3 unspecified atom stereocenters. The predicted octanol–water partition coefficient (Wildman–Crippen LogP) is 13.9. The summed E-state index contributed by atoms with van der Waals surface area (Å²) in [4.78, 5) is 28.5. The van der Waals surface area contributed by atoms with Gasteiger partial charge in [-0.15, -0.1) is 0 Å². The van der Waals surface area contributed by atoms with Gasteiger partial charge in [0.1, 0.15) is 6.10 Å². The molecule has 0 aromatic carbocycles. The smallest absolute Gasteiger partial charge is 0.312 e. The van der Waals surface area contributed by atoms with Gasteiger partial charge in [-0.25, -0.2) is 0 Å². The van der Waals surface area contributed by atoms with Crippen LogP contribution in [0.15, 0.2) is 0 Å². The second-order valence-electron chi connectivity index (χ2n) is 18.4. The molecule has 6 heteroatoms. The fourth-order valence-electron chi connectivity index (χ4n) is 7.09. The fourth-order valence-corrected chi connectivity index (χ4v) is 7.09. The lowest BCUT2D eigenvalue weighted by atomic mass is 9.76. The van der Waals surface area contributed by atoms with E-state index in [1.165, 1.54) is 83.5 Å². The topological polar surface area (TPSA) is 76.1 Å². The van der Waals surface area contributed by atoms with Crippen LogP contribution in [-0.2, 0) is 19.1 Å². The van der Waals surface area contributed by atoms with E-state index in [0.717, 1.165) is 77.3 Å². The molecule has 0 aromatic rings. The van der Waals surface area contributed by atoms with Crippen LogP contribution >= 0.6 is 0 Å². The summed E-state index contributed by atoms with van der Waals surface area (Å²) in [7, 11) is 2.09. The van der Waals surface area contributed by atoms with Gasteiger partial charge in [0.2, 0.25) is 0 Å². The average Bonchev–Trinajstić information content (AvgIpc) is 3.10. The first-order valence-electron chi connectivity index (χ1n) is 23.3. The van der Waals surface area contributed by atoms with Crippen LogP contribution in [0.25, 0.3) is 0 Å². The van der Waals surface area contributed by atoms with Crippen molar-refractivity contribution < 1.29 is 24.2 Å². The Labute approximate surface area is 338 Å². The molecule has 0 saturated heterocycles. The Bertz CT molecular complexity index is 879. The van der Waals surface area contributed by atoms with E-state index >= 15 is 0 Å². The van der Waals surface area contributed by atoms with Gasteiger partial charge in [-0.05, 0) is 91.5 Å². The molecule has 1 N–H and O–H groups in total. The van der Waals surface area contributed by atoms with E-state index in [0.29, 0.717) is 18.9 Å². The van der Waals surface area contributed by atoms with Crippen molar-refractivity contribution in [1.82, 2.24) is 4.90 Å². The van der Waals surface area contributed by atoms with Gasteiger partial charge < -0.3 is 19.5 Å². The second kappa shape index (κ2) is 32.9. The molecule has 0 amide bonds. The zero-order valence-corrected chi connectivity index (χ0v) is 38.9. The normalized spacial score (nSPS) is 14.0. The van der Waals surface area contributed by atoms with Crippen molar-refractivity contribution in [3.63, 3.8) is 0 Å². The zero-order valence-electron chi connectivity index (χ0n) is 38.9. The summed E-state index contributed by atoms with van der Waals surface area (Å²) in [5.41, 5.74) is -1.66. The van der Waals surface area contributed by atoms with Gasteiger partial charge >= 0.3 is 11.9 Å². The van der Waals surface area contributed by atoms with E-state index in [-0.39, 0.29) is 29.4 Å². The molecule has 0 aliphatic carbocycles. The number of rotatable bonds is 35. The van der Waals surface area contributed by atoms with Crippen molar-refractivity contribution in [2.75, 3.05) is 26.7 Å². The van der Waals surface area contributed by atoms with E-state index < -0.39 is 11.0 Å². The van der Waals surface area contributed by atoms with Crippen LogP contribution in [0, 0.1) is 22.7 Å². The third-order valence-electron chi connectivity index (χ3n) is 12.1. The Morgan fingerprint density at radius 1 is 0.630 bits per heavy atom. The number of esters is 2. The molecule has 6 nitrogen and oxygen atoms in total. The number of carbonyl (C=O) groups excluding carboxylic acids is 2. The maximum Gasteiger partial charge on any atom is 0.312 e. The molecule has 3 atom stereocenters. The predicted molar refractivity (Wildman–Crippen MR) is 234 cm³/mol. The highest BCUT2D eigenvalue weighted by atomic mass is 16.5. The number of carbonyl (C=O) groups is 2. The first-order valence-corrected chi connectivity index (χ1v) is 23.3. The van der Waals surface area contributed by atoms with Crippen molar-refractivity contribution in [1.29, 1.82) is 0 Å². The quantitative estimate of drug-likeness (QED) is 0.0511. The molecule has 0 heterocycles. The minimum absolute atomic E-state index is 0.00239. The molecule has 0 aliphatic rings. The Balaban J connectivity index is 0. The van der Waals surface area contributed by atoms with Crippen molar-refractivity contribution in [2.24, 2.45) is 22.7 Å². The molecule has 0 aliphatic heterocycles. The summed E-state index contributed by atoms with van der Waals surface area (Å²) in [6, 6.07) is 0. The van der Waals surface area contributed by atoms with E-state index in [9.17, 15) is 14.7 Å². The summed E-state index contributed by atoms with van der Waals surface area (Å²) in [5.74, 6) is 0.514. The number of hydrogen-bond donors (Lipinski definition) is 1. The van der Waals surface area contributed by atoms with Crippen LogP contribution in [0.5, 0.6) is 0 Å². The Kier molecular flexibility index (Phi) is 33.5. The van der Waals surface area contributed by atoms with Gasteiger partial charge in [0.15, 0.2) is 0 Å². The lowest BCUT2D eigenvalue weighted by Gasteiger charge is -2.41. The van der Waals surface area contributed by atoms with Crippen molar-refractivity contribution in [3.05, 3.63) is 0 Å². The maximum atomic E-state index is 13.7. The van der Waals surface area contributed by atoms with Gasteiger partial charge in [-0.2, -0.15) is 0 Å². The van der Waals surface area contributed by atoms with Crippen LogP contribution < -0.4 is 0 Å². The summed E-state index contributed by atoms with van der Waals surface area (Å²) in [6.07, 6.45) is 27.6. The Morgan fingerprint density at radius 3 is 1.56 bits per heavy atom. The van der Waals surface area contributed by atoms with E-state index in [1.54, 1.807) is 0 Å². The highest BCUT2D eigenvalue weighted by molar-refractivity contribution is 5.76. The van der Waals surface area contributed by atoms with Crippen LogP contribution in [0.2, 0.25) is 0 Å². The summed E-state index contributed by atoms with van der Waals surface area (Å²) >= 11 is 0. The Hall–Kier alpha value is -1.14. The number of nitrogens with zero attached hydrogens (tertiary/aromatic N) is 1. The minimum atomic E-state index is -0.790. The molecule has 0 aromatic heterocycles. The molecule has 324 valence electrons. The zero-order chi connectivity index (χ0) is 41.5. The van der Waals surface area contributed by atoms with Gasteiger partial charge in [-0.3, -0.25) is 9.59 Å². The fraction of sp³-hybridized carbons (Fsp3) is 0.958. The molecular weight excluding hydrogens is 671 g/mol. The summed E-state index contributed by atoms with van der Waals surface area (Å²) < 4.78 is 12.0. The highest BCUT2D eigenvalue weighted by Crippen LogP contribution is 2.34.